The number of aromatic hydroxyl groups is 1. The van der Waals surface area contributed by atoms with Crippen molar-refractivity contribution in [3.8, 4) is 11.5 Å². The summed E-state index contributed by atoms with van der Waals surface area (Å²) in [5.74, 6) is 0.418. The molecule has 5 heteroatoms. The summed E-state index contributed by atoms with van der Waals surface area (Å²) in [5.41, 5.74) is 1.51. The molecule has 2 rings (SSSR count). The number of phenolic OH excluding ortho intramolecular Hbond substituents is 1. The molecule has 2 aromatic rings. The van der Waals surface area contributed by atoms with Gasteiger partial charge in [0, 0.05) is 23.6 Å². The van der Waals surface area contributed by atoms with Crippen LogP contribution in [0, 0.1) is 0 Å². The van der Waals surface area contributed by atoms with Crippen LogP contribution in [0.4, 0.5) is 0 Å². The van der Waals surface area contributed by atoms with E-state index in [1.807, 2.05) is 12.1 Å². The number of halogens is 1. The largest absolute Gasteiger partial charge is 0.504 e. The summed E-state index contributed by atoms with van der Waals surface area (Å²) in [6.45, 7) is 0.433. The lowest BCUT2D eigenvalue weighted by molar-refractivity contribution is 0.0785. The minimum atomic E-state index is -0.0664. The van der Waals surface area contributed by atoms with Crippen molar-refractivity contribution in [2.24, 2.45) is 0 Å². The van der Waals surface area contributed by atoms with E-state index in [1.165, 1.54) is 7.11 Å². The highest BCUT2D eigenvalue weighted by Gasteiger charge is 2.13. The monoisotopic (exact) mass is 349 g/mol. The summed E-state index contributed by atoms with van der Waals surface area (Å²) in [6.07, 6.45) is 0. The maximum Gasteiger partial charge on any atom is 0.253 e. The first-order valence-corrected chi connectivity index (χ1v) is 7.17. The lowest BCUT2D eigenvalue weighted by Gasteiger charge is -2.18. The molecule has 0 fully saturated rings. The zero-order valence-corrected chi connectivity index (χ0v) is 13.4. The minimum absolute atomic E-state index is 0.0664. The first-order chi connectivity index (χ1) is 10.0. The van der Waals surface area contributed by atoms with Crippen LogP contribution >= 0.6 is 15.9 Å². The lowest BCUT2D eigenvalue weighted by Crippen LogP contribution is -2.26. The number of phenols is 1. The van der Waals surface area contributed by atoms with E-state index in [9.17, 15) is 9.90 Å². The first kappa shape index (κ1) is 15.4. The number of nitrogens with zero attached hydrogens (tertiary/aromatic N) is 1. The standard InChI is InChI=1S/C16H16BrNO3/c1-18(16(20)12-4-3-5-13(17)9-12)10-11-6-7-14(19)15(8-11)21-2/h3-9,19H,10H2,1-2H3. The summed E-state index contributed by atoms with van der Waals surface area (Å²) in [4.78, 5) is 14.0. The van der Waals surface area contributed by atoms with Crippen molar-refractivity contribution in [2.45, 2.75) is 6.54 Å². The van der Waals surface area contributed by atoms with Crippen molar-refractivity contribution in [1.29, 1.82) is 0 Å². The molecule has 4 nitrogen and oxygen atoms in total. The molecule has 0 aliphatic heterocycles. The number of rotatable bonds is 4. The van der Waals surface area contributed by atoms with Gasteiger partial charge in [0.15, 0.2) is 11.5 Å². The van der Waals surface area contributed by atoms with Crippen LogP contribution < -0.4 is 4.74 Å². The molecule has 0 unspecified atom stereocenters. The van der Waals surface area contributed by atoms with Crippen LogP contribution in [0.25, 0.3) is 0 Å². The second kappa shape index (κ2) is 6.63. The number of hydrogen-bond donors (Lipinski definition) is 1. The van der Waals surface area contributed by atoms with E-state index in [4.69, 9.17) is 4.74 Å². The Kier molecular flexibility index (Phi) is 4.85. The number of methoxy groups -OCH3 is 1. The smallest absolute Gasteiger partial charge is 0.253 e. The molecule has 2 aromatic carbocycles. The molecular formula is C16H16BrNO3. The number of carbonyl (C=O) groups excluding carboxylic acids is 1. The Morgan fingerprint density at radius 3 is 2.71 bits per heavy atom. The Morgan fingerprint density at radius 1 is 1.29 bits per heavy atom. The third-order valence-corrected chi connectivity index (χ3v) is 3.58. The molecule has 21 heavy (non-hydrogen) atoms. The molecule has 0 aliphatic rings. The SMILES string of the molecule is COc1cc(CN(C)C(=O)c2cccc(Br)c2)ccc1O. The number of ether oxygens (including phenoxy) is 1. The van der Waals surface area contributed by atoms with E-state index >= 15 is 0 Å². The van der Waals surface area contributed by atoms with Crippen LogP contribution in [0.15, 0.2) is 46.9 Å². The molecule has 0 heterocycles. The number of amides is 1. The van der Waals surface area contributed by atoms with Gasteiger partial charge in [-0.25, -0.2) is 0 Å². The number of benzene rings is 2. The van der Waals surface area contributed by atoms with Crippen LogP contribution in [0.3, 0.4) is 0 Å². The van der Waals surface area contributed by atoms with Gasteiger partial charge >= 0.3 is 0 Å². The van der Waals surface area contributed by atoms with E-state index in [0.29, 0.717) is 17.9 Å². The molecule has 0 saturated heterocycles. The maximum absolute atomic E-state index is 12.3. The second-order valence-corrected chi connectivity index (χ2v) is 5.59. The number of carbonyl (C=O) groups is 1. The highest BCUT2D eigenvalue weighted by Crippen LogP contribution is 2.26. The molecule has 0 bridgehead atoms. The molecule has 0 atom stereocenters. The zero-order chi connectivity index (χ0) is 15.4. The van der Waals surface area contributed by atoms with E-state index in [2.05, 4.69) is 15.9 Å². The maximum atomic E-state index is 12.3. The van der Waals surface area contributed by atoms with Gasteiger partial charge in [0.2, 0.25) is 0 Å². The van der Waals surface area contributed by atoms with Gasteiger partial charge in [-0.15, -0.1) is 0 Å². The van der Waals surface area contributed by atoms with Gasteiger partial charge in [0.05, 0.1) is 7.11 Å². The van der Waals surface area contributed by atoms with Crippen LogP contribution in [-0.2, 0) is 6.54 Å². The predicted molar refractivity (Wildman–Crippen MR) is 84.6 cm³/mol. The molecule has 110 valence electrons. The van der Waals surface area contributed by atoms with Gasteiger partial charge in [-0.1, -0.05) is 28.1 Å². The van der Waals surface area contributed by atoms with Gasteiger partial charge in [0.25, 0.3) is 5.91 Å². The summed E-state index contributed by atoms with van der Waals surface area (Å²) < 4.78 is 5.94. The van der Waals surface area contributed by atoms with E-state index < -0.39 is 0 Å². The topological polar surface area (TPSA) is 49.8 Å². The van der Waals surface area contributed by atoms with Crippen LogP contribution in [0.1, 0.15) is 15.9 Å². The van der Waals surface area contributed by atoms with Gasteiger partial charge < -0.3 is 14.7 Å². The van der Waals surface area contributed by atoms with Crippen LogP contribution in [0.5, 0.6) is 11.5 Å². The van der Waals surface area contributed by atoms with Gasteiger partial charge in [-0.3, -0.25) is 4.79 Å². The van der Waals surface area contributed by atoms with Crippen molar-refractivity contribution in [3.05, 3.63) is 58.1 Å². The summed E-state index contributed by atoms with van der Waals surface area (Å²) >= 11 is 3.36. The Balaban J connectivity index is 2.14. The molecule has 0 aliphatic carbocycles. The second-order valence-electron chi connectivity index (χ2n) is 4.68. The first-order valence-electron chi connectivity index (χ1n) is 6.38. The molecule has 0 saturated carbocycles. The summed E-state index contributed by atoms with van der Waals surface area (Å²) in [5, 5.41) is 9.58. The average Bonchev–Trinajstić information content (AvgIpc) is 2.48. The van der Waals surface area contributed by atoms with Crippen molar-refractivity contribution < 1.29 is 14.6 Å². The average molecular weight is 350 g/mol. The molecule has 0 radical (unpaired) electrons. The zero-order valence-electron chi connectivity index (χ0n) is 11.8. The summed E-state index contributed by atoms with van der Waals surface area (Å²) in [7, 11) is 3.23. The Bertz CT molecular complexity index is 658. The third-order valence-electron chi connectivity index (χ3n) is 3.08. The van der Waals surface area contributed by atoms with E-state index in [1.54, 1.807) is 42.3 Å². The fraction of sp³-hybridized carbons (Fsp3) is 0.188. The fourth-order valence-electron chi connectivity index (χ4n) is 2.01. The van der Waals surface area contributed by atoms with Crippen molar-refractivity contribution in [1.82, 2.24) is 4.90 Å². The van der Waals surface area contributed by atoms with Crippen LogP contribution in [0.2, 0.25) is 0 Å². The van der Waals surface area contributed by atoms with E-state index in [-0.39, 0.29) is 11.7 Å². The van der Waals surface area contributed by atoms with Gasteiger partial charge in [-0.2, -0.15) is 0 Å². The van der Waals surface area contributed by atoms with Crippen molar-refractivity contribution in [3.63, 3.8) is 0 Å². The van der Waals surface area contributed by atoms with Crippen molar-refractivity contribution in [2.75, 3.05) is 14.2 Å². The van der Waals surface area contributed by atoms with Crippen LogP contribution in [-0.4, -0.2) is 30.1 Å². The lowest BCUT2D eigenvalue weighted by atomic mass is 10.1. The van der Waals surface area contributed by atoms with Crippen molar-refractivity contribution >= 4 is 21.8 Å². The molecule has 1 amide bonds. The quantitative estimate of drug-likeness (QED) is 0.919. The molecule has 0 aromatic heterocycles. The Morgan fingerprint density at radius 2 is 2.05 bits per heavy atom. The molecule has 0 spiro atoms. The van der Waals surface area contributed by atoms with Gasteiger partial charge in [-0.05, 0) is 35.9 Å². The predicted octanol–water partition coefficient (Wildman–Crippen LogP) is 3.44. The highest BCUT2D eigenvalue weighted by molar-refractivity contribution is 9.10. The normalized spacial score (nSPS) is 10.2. The highest BCUT2D eigenvalue weighted by atomic mass is 79.9. The van der Waals surface area contributed by atoms with Gasteiger partial charge in [0.1, 0.15) is 0 Å². The van der Waals surface area contributed by atoms with E-state index in [0.717, 1.165) is 10.0 Å². The number of hydrogen-bond acceptors (Lipinski definition) is 3. The fourth-order valence-corrected chi connectivity index (χ4v) is 2.41. The molecular weight excluding hydrogens is 334 g/mol. The third kappa shape index (κ3) is 3.76. The Labute approximate surface area is 132 Å². The summed E-state index contributed by atoms with van der Waals surface area (Å²) in [6, 6.07) is 12.3. The Hall–Kier alpha value is -2.01. The minimum Gasteiger partial charge on any atom is -0.504 e. The molecule has 1 N–H and O–H groups in total.